The molecule has 5 aromatic rings. The van der Waals surface area contributed by atoms with E-state index in [1.807, 2.05) is 31.1 Å². The number of aromatic nitrogens is 4. The molecule has 2 aromatic heterocycles. The van der Waals surface area contributed by atoms with Gasteiger partial charge in [0.05, 0.1) is 31.6 Å². The Bertz CT molecular complexity index is 1410. The molecule has 5 rings (SSSR count). The maximum absolute atomic E-state index is 13.4. The number of hydrogen-bond acceptors (Lipinski definition) is 2. The van der Waals surface area contributed by atoms with Gasteiger partial charge in [-0.2, -0.15) is 0 Å². The number of aryl methyl sites for hydroxylation is 2. The van der Waals surface area contributed by atoms with Crippen LogP contribution < -0.4 is 4.48 Å². The molecule has 32 heavy (non-hydrogen) atoms. The molecule has 0 unspecified atom stereocenters. The highest BCUT2D eigenvalue weighted by Gasteiger charge is 2.27. The average molecular weight is 427 g/mol. The van der Waals surface area contributed by atoms with Gasteiger partial charge in [-0.1, -0.05) is 6.07 Å². The van der Waals surface area contributed by atoms with Crippen LogP contribution in [0, 0.1) is 12.7 Å². The Morgan fingerprint density at radius 3 is 2.28 bits per heavy atom. The third-order valence-corrected chi connectivity index (χ3v) is 6.10. The zero-order valence-corrected chi connectivity index (χ0v) is 18.6. The summed E-state index contributed by atoms with van der Waals surface area (Å²) in [5.74, 6) is 0.568. The molecule has 2 heterocycles. The highest BCUT2D eigenvalue weighted by Crippen LogP contribution is 2.37. The van der Waals surface area contributed by atoms with E-state index in [2.05, 4.69) is 66.1 Å². The summed E-state index contributed by atoms with van der Waals surface area (Å²) in [6, 6.07) is 21.3. The van der Waals surface area contributed by atoms with Crippen LogP contribution in [0.5, 0.6) is 0 Å². The number of halogens is 1. The molecule has 0 fully saturated rings. The lowest BCUT2D eigenvalue weighted by Crippen LogP contribution is -2.34. The first kappa shape index (κ1) is 20.2. The van der Waals surface area contributed by atoms with E-state index < -0.39 is 0 Å². The molecule has 0 saturated carbocycles. The minimum Gasteiger partial charge on any atom is -0.327 e. The molecular formula is C26H25FN5+. The smallest absolute Gasteiger partial charge is 0.165 e. The molecular weight excluding hydrogens is 401 g/mol. The summed E-state index contributed by atoms with van der Waals surface area (Å²) in [6.07, 6.45) is 3.84. The summed E-state index contributed by atoms with van der Waals surface area (Å²) in [5, 5.41) is 0. The number of rotatable bonds is 4. The van der Waals surface area contributed by atoms with Crippen LogP contribution in [0.3, 0.4) is 0 Å². The molecule has 0 N–H and O–H groups in total. The van der Waals surface area contributed by atoms with Crippen LogP contribution in [0.4, 0.5) is 15.8 Å². The Labute approximate surface area is 186 Å². The summed E-state index contributed by atoms with van der Waals surface area (Å²) in [5.41, 5.74) is 7.17. The maximum Gasteiger partial charge on any atom is 0.165 e. The fraction of sp³-hybridized carbons (Fsp3) is 0.154. The van der Waals surface area contributed by atoms with Gasteiger partial charge < -0.3 is 9.13 Å². The van der Waals surface area contributed by atoms with Crippen molar-refractivity contribution in [1.29, 1.82) is 0 Å². The summed E-state index contributed by atoms with van der Waals surface area (Å²) in [7, 11) is 6.33. The third-order valence-electron chi connectivity index (χ3n) is 6.10. The maximum atomic E-state index is 13.4. The Morgan fingerprint density at radius 1 is 0.906 bits per heavy atom. The van der Waals surface area contributed by atoms with E-state index in [0.29, 0.717) is 4.48 Å². The minimum absolute atomic E-state index is 0.250. The van der Waals surface area contributed by atoms with Gasteiger partial charge in [-0.3, -0.25) is 4.48 Å². The molecule has 0 spiro atoms. The molecule has 0 aliphatic rings. The molecule has 5 nitrogen and oxygen atoms in total. The van der Waals surface area contributed by atoms with E-state index in [0.717, 1.165) is 45.2 Å². The predicted octanol–water partition coefficient (Wildman–Crippen LogP) is 5.77. The van der Waals surface area contributed by atoms with Crippen molar-refractivity contribution in [1.82, 2.24) is 23.6 Å². The predicted molar refractivity (Wildman–Crippen MR) is 128 cm³/mol. The molecule has 6 heteroatoms. The van der Waals surface area contributed by atoms with Crippen LogP contribution >= 0.6 is 0 Å². The van der Waals surface area contributed by atoms with Crippen LogP contribution in [0.25, 0.3) is 28.1 Å². The third kappa shape index (κ3) is 3.29. The lowest BCUT2D eigenvalue weighted by Gasteiger charge is -2.29. The largest absolute Gasteiger partial charge is 0.327 e. The zero-order chi connectivity index (χ0) is 22.5. The first-order valence-electron chi connectivity index (χ1n) is 10.5. The zero-order valence-electron chi connectivity index (χ0n) is 18.6. The molecule has 0 amide bonds. The van der Waals surface area contributed by atoms with E-state index >= 15 is 0 Å². The summed E-state index contributed by atoms with van der Waals surface area (Å²) < 4.78 is 18.0. The van der Waals surface area contributed by atoms with Crippen LogP contribution in [-0.2, 0) is 7.05 Å². The lowest BCUT2D eigenvalue weighted by molar-refractivity contribution is 0.558. The van der Waals surface area contributed by atoms with Gasteiger partial charge >= 0.3 is 0 Å². The Morgan fingerprint density at radius 2 is 1.62 bits per heavy atom. The van der Waals surface area contributed by atoms with Gasteiger partial charge in [-0.15, -0.1) is 0 Å². The Balaban J connectivity index is 1.58. The van der Waals surface area contributed by atoms with Gasteiger partial charge in [0.25, 0.3) is 0 Å². The highest BCUT2D eigenvalue weighted by molar-refractivity contribution is 5.92. The molecule has 0 bridgehead atoms. The molecule has 0 radical (unpaired) electrons. The van der Waals surface area contributed by atoms with Crippen LogP contribution in [-0.4, -0.2) is 33.2 Å². The average Bonchev–Trinajstić information content (AvgIpc) is 3.38. The monoisotopic (exact) mass is 426 g/mol. The quantitative estimate of drug-likeness (QED) is 0.342. The number of benzene rings is 3. The minimum atomic E-state index is -0.250. The number of para-hydroxylation sites is 1. The van der Waals surface area contributed by atoms with Crippen molar-refractivity contribution in [3.63, 3.8) is 0 Å². The van der Waals surface area contributed by atoms with E-state index in [4.69, 9.17) is 4.98 Å². The summed E-state index contributed by atoms with van der Waals surface area (Å²) in [6.45, 7) is 1.98. The second-order valence-corrected chi connectivity index (χ2v) is 8.54. The van der Waals surface area contributed by atoms with Crippen molar-refractivity contribution in [3.8, 4) is 17.1 Å². The van der Waals surface area contributed by atoms with Gasteiger partial charge in [-0.05, 0) is 49.4 Å². The number of quaternary nitrogens is 1. The van der Waals surface area contributed by atoms with E-state index in [1.54, 1.807) is 12.1 Å². The van der Waals surface area contributed by atoms with Gasteiger partial charge in [-0.25, -0.2) is 14.4 Å². The summed E-state index contributed by atoms with van der Waals surface area (Å²) in [4.78, 5) is 9.30. The second kappa shape index (κ2) is 7.43. The topological polar surface area (TPSA) is 35.6 Å². The van der Waals surface area contributed by atoms with Crippen molar-refractivity contribution in [3.05, 3.63) is 90.8 Å². The lowest BCUT2D eigenvalue weighted by atomic mass is 10.1. The SMILES string of the molecule is Cc1cn(-c2ccc([N+](C)(C)c3cccc4c3nc(-c3ccc(F)cc3)n4C)cc2)cn1. The van der Waals surface area contributed by atoms with Gasteiger partial charge in [0.2, 0.25) is 0 Å². The fourth-order valence-corrected chi connectivity index (χ4v) is 4.21. The van der Waals surface area contributed by atoms with E-state index in [1.165, 1.54) is 12.1 Å². The van der Waals surface area contributed by atoms with Gasteiger partial charge in [0.1, 0.15) is 17.3 Å². The first-order valence-corrected chi connectivity index (χ1v) is 10.5. The number of fused-ring (bicyclic) bond motifs is 1. The molecule has 0 aliphatic carbocycles. The Kier molecular flexibility index (Phi) is 4.68. The number of hydrogen-bond donors (Lipinski definition) is 0. The van der Waals surface area contributed by atoms with E-state index in [-0.39, 0.29) is 5.82 Å². The fourth-order valence-electron chi connectivity index (χ4n) is 4.21. The standard InChI is InChI=1S/C26H25FN5/c1-18-16-31(17-28-18)21-12-14-22(15-13-21)32(3,4)24-7-5-6-23-25(24)29-26(30(23)2)19-8-10-20(27)11-9-19/h5-17H,1-4H3/q+1. The van der Waals surface area contributed by atoms with Crippen molar-refractivity contribution >= 4 is 22.4 Å². The van der Waals surface area contributed by atoms with Crippen molar-refractivity contribution in [2.45, 2.75) is 6.92 Å². The summed E-state index contributed by atoms with van der Waals surface area (Å²) >= 11 is 0. The first-order chi connectivity index (χ1) is 15.3. The molecule has 0 aliphatic heterocycles. The molecule has 0 atom stereocenters. The van der Waals surface area contributed by atoms with Crippen molar-refractivity contribution in [2.75, 3.05) is 14.1 Å². The highest BCUT2D eigenvalue weighted by atomic mass is 19.1. The van der Waals surface area contributed by atoms with Crippen LogP contribution in [0.2, 0.25) is 0 Å². The molecule has 3 aromatic carbocycles. The van der Waals surface area contributed by atoms with Crippen molar-refractivity contribution in [2.24, 2.45) is 7.05 Å². The number of imidazole rings is 2. The molecule has 0 saturated heterocycles. The Hall–Kier alpha value is -3.77. The number of nitrogens with zero attached hydrogens (tertiary/aromatic N) is 5. The van der Waals surface area contributed by atoms with Crippen LogP contribution in [0.1, 0.15) is 5.69 Å². The van der Waals surface area contributed by atoms with E-state index in [9.17, 15) is 4.39 Å². The van der Waals surface area contributed by atoms with Crippen LogP contribution in [0.15, 0.2) is 79.3 Å². The second-order valence-electron chi connectivity index (χ2n) is 8.54. The van der Waals surface area contributed by atoms with Gasteiger partial charge in [0.15, 0.2) is 11.2 Å². The molecule has 160 valence electrons. The van der Waals surface area contributed by atoms with Gasteiger partial charge in [0, 0.05) is 42.7 Å². The normalized spacial score (nSPS) is 11.9. The van der Waals surface area contributed by atoms with Crippen molar-refractivity contribution < 1.29 is 4.39 Å².